The number of anilines is 1. The Labute approximate surface area is 300 Å². The van der Waals surface area contributed by atoms with Crippen molar-refractivity contribution in [2.75, 3.05) is 18.0 Å². The molecule has 1 saturated heterocycles. The smallest absolute Gasteiger partial charge is 0.253 e. The molecule has 0 unspecified atom stereocenters. The molecule has 0 spiro atoms. The van der Waals surface area contributed by atoms with Gasteiger partial charge in [-0.2, -0.15) is 0 Å². The Balaban J connectivity index is 0.00000126. The predicted molar refractivity (Wildman–Crippen MR) is 209 cm³/mol. The van der Waals surface area contributed by atoms with E-state index in [1.165, 1.54) is 24.6 Å². The first-order valence-electron chi connectivity index (χ1n) is 17.9. The predicted octanol–water partition coefficient (Wildman–Crippen LogP) is 12.3. The second-order valence-electron chi connectivity index (χ2n) is 13.4. The normalized spacial score (nSPS) is 14.5. The molecule has 3 aromatic rings. The Bertz CT molecular complexity index is 1720. The monoisotopic (exact) mass is 678 g/mol. The van der Waals surface area contributed by atoms with Gasteiger partial charge in [0.15, 0.2) is 0 Å². The van der Waals surface area contributed by atoms with Crippen molar-refractivity contribution in [1.29, 1.82) is 0 Å². The van der Waals surface area contributed by atoms with Crippen molar-refractivity contribution in [3.05, 3.63) is 154 Å². The summed E-state index contributed by atoms with van der Waals surface area (Å²) >= 11 is 0. The summed E-state index contributed by atoms with van der Waals surface area (Å²) < 4.78 is 28.2. The van der Waals surface area contributed by atoms with E-state index in [9.17, 15) is 13.6 Å². The van der Waals surface area contributed by atoms with Gasteiger partial charge in [0.05, 0.1) is 0 Å². The van der Waals surface area contributed by atoms with E-state index in [1.807, 2.05) is 80.3 Å². The Kier molecular flexibility index (Phi) is 15.7. The number of carbonyl (C=O) groups is 1. The summed E-state index contributed by atoms with van der Waals surface area (Å²) in [4.78, 5) is 17.8. The van der Waals surface area contributed by atoms with Gasteiger partial charge in [-0.15, -0.1) is 0 Å². The minimum absolute atomic E-state index is 0.00967. The van der Waals surface area contributed by atoms with E-state index in [0.717, 1.165) is 63.5 Å². The molecule has 50 heavy (non-hydrogen) atoms. The number of aryl methyl sites for hydroxylation is 2. The number of piperidine rings is 1. The number of hydrogen-bond acceptors (Lipinski definition) is 2. The van der Waals surface area contributed by atoms with Crippen molar-refractivity contribution in [2.24, 2.45) is 11.8 Å². The van der Waals surface area contributed by atoms with Crippen molar-refractivity contribution >= 4 is 17.2 Å². The molecule has 5 heteroatoms. The van der Waals surface area contributed by atoms with E-state index in [4.69, 9.17) is 0 Å². The summed E-state index contributed by atoms with van der Waals surface area (Å²) in [7, 11) is 0. The van der Waals surface area contributed by atoms with Gasteiger partial charge in [-0.1, -0.05) is 94.5 Å². The van der Waals surface area contributed by atoms with Crippen LogP contribution in [0.3, 0.4) is 0 Å². The highest BCUT2D eigenvalue weighted by atomic mass is 19.1. The zero-order chi connectivity index (χ0) is 36.8. The number of allylic oxidation sites excluding steroid dienone is 9. The molecule has 0 N–H and O–H groups in total. The van der Waals surface area contributed by atoms with Crippen molar-refractivity contribution in [2.45, 2.75) is 81.2 Å². The van der Waals surface area contributed by atoms with Gasteiger partial charge < -0.3 is 9.80 Å². The quantitative estimate of drug-likeness (QED) is 0.188. The van der Waals surface area contributed by atoms with Gasteiger partial charge >= 0.3 is 0 Å². The number of halogens is 2. The van der Waals surface area contributed by atoms with Crippen LogP contribution in [-0.2, 0) is 6.54 Å². The minimum atomic E-state index is -0.297. The zero-order valence-corrected chi connectivity index (χ0v) is 31.4. The van der Waals surface area contributed by atoms with E-state index in [1.54, 1.807) is 19.1 Å². The molecule has 3 nitrogen and oxygen atoms in total. The topological polar surface area (TPSA) is 23.6 Å². The molecule has 0 aliphatic carbocycles. The highest BCUT2D eigenvalue weighted by Crippen LogP contribution is 2.34. The molecule has 0 aromatic heterocycles. The lowest BCUT2D eigenvalue weighted by molar-refractivity contribution is 0.0701. The molecule has 1 heterocycles. The first kappa shape index (κ1) is 39.9. The molecule has 0 saturated carbocycles. The van der Waals surface area contributed by atoms with Gasteiger partial charge in [-0.25, -0.2) is 8.78 Å². The largest absolute Gasteiger partial charge is 0.341 e. The number of benzene rings is 3. The fourth-order valence-corrected chi connectivity index (χ4v) is 6.05. The fourth-order valence-electron chi connectivity index (χ4n) is 6.05. The van der Waals surface area contributed by atoms with Crippen LogP contribution in [0.15, 0.2) is 121 Å². The third-order valence-electron chi connectivity index (χ3n) is 9.33. The van der Waals surface area contributed by atoms with E-state index in [2.05, 4.69) is 51.3 Å². The first-order chi connectivity index (χ1) is 23.9. The number of carbonyl (C=O) groups excluding carboxylic acids is 1. The molecule has 1 fully saturated rings. The van der Waals surface area contributed by atoms with E-state index in [-0.39, 0.29) is 23.5 Å². The lowest BCUT2D eigenvalue weighted by atomic mass is 9.90. The molecule has 0 radical (unpaired) electrons. The number of likely N-dealkylation sites (tertiary alicyclic amines) is 1. The maximum absolute atomic E-state index is 14.2. The standard InChI is InChI=1S/C40H44F2N2O.C5H12/c1-7-13-33(26-35(41)8-2)37(9-3)38-19-18-34(24-29(38)5)40(45)43-22-20-32(21-23-43)30(6)44(39-17-11-10-14-28(39)4)27-31-15-12-16-36(42)25-31;1-4-5(2)3/h7-19,24-26,32H,6,20-23,27H2,1-5H3;5H,4H2,1-3H3/b13-7-,33-26+,35-8+,37-9-;. The SMILES string of the molecule is C=C(C1CCN(C(=O)c2ccc(C(=C\C)/C(/C=C\C)=C/C(F)=C\C)c(C)c2)CC1)N(Cc1cccc(F)c1)c1ccccc1C.CCC(C)C. The Morgan fingerprint density at radius 3 is 2.20 bits per heavy atom. The number of rotatable bonds is 11. The lowest BCUT2D eigenvalue weighted by Crippen LogP contribution is -2.40. The highest BCUT2D eigenvalue weighted by Gasteiger charge is 2.28. The van der Waals surface area contributed by atoms with Crippen molar-refractivity contribution in [3.63, 3.8) is 0 Å². The second-order valence-corrected chi connectivity index (χ2v) is 13.4. The summed E-state index contributed by atoms with van der Waals surface area (Å²) in [5.41, 5.74) is 8.31. The molecule has 266 valence electrons. The van der Waals surface area contributed by atoms with Gasteiger partial charge in [0.25, 0.3) is 5.91 Å². The molecule has 1 aliphatic heterocycles. The van der Waals surface area contributed by atoms with Crippen LogP contribution in [0.2, 0.25) is 0 Å². The van der Waals surface area contributed by atoms with Crippen molar-refractivity contribution in [1.82, 2.24) is 4.90 Å². The van der Waals surface area contributed by atoms with Crippen LogP contribution in [-0.4, -0.2) is 23.9 Å². The molecule has 1 amide bonds. The Hall–Kier alpha value is -4.51. The fraction of sp³-hybridized carbons (Fsp3) is 0.356. The minimum Gasteiger partial charge on any atom is -0.341 e. The third-order valence-corrected chi connectivity index (χ3v) is 9.33. The number of nitrogens with zero attached hydrogens (tertiary/aromatic N) is 2. The van der Waals surface area contributed by atoms with Crippen LogP contribution in [0.1, 0.15) is 93.4 Å². The second kappa shape index (κ2) is 19.6. The maximum Gasteiger partial charge on any atom is 0.253 e. The van der Waals surface area contributed by atoms with E-state index < -0.39 is 0 Å². The summed E-state index contributed by atoms with van der Waals surface area (Å²) in [5.74, 6) is 0.537. The molecule has 1 aliphatic rings. The van der Waals surface area contributed by atoms with Crippen LogP contribution in [0, 0.1) is 31.5 Å². The molecule has 0 atom stereocenters. The number of para-hydroxylation sites is 1. The van der Waals surface area contributed by atoms with Crippen LogP contribution < -0.4 is 4.90 Å². The molecule has 0 bridgehead atoms. The summed E-state index contributed by atoms with van der Waals surface area (Å²) in [6.07, 6.45) is 11.6. The Morgan fingerprint density at radius 1 is 0.960 bits per heavy atom. The van der Waals surface area contributed by atoms with Crippen molar-refractivity contribution < 1.29 is 13.6 Å². The van der Waals surface area contributed by atoms with Crippen LogP contribution in [0.25, 0.3) is 5.57 Å². The van der Waals surface area contributed by atoms with Gasteiger partial charge in [-0.05, 0) is 123 Å². The molecular weight excluding hydrogens is 623 g/mol. The highest BCUT2D eigenvalue weighted by molar-refractivity contribution is 5.95. The average Bonchev–Trinajstić information content (AvgIpc) is 3.11. The molecule has 3 aromatic carbocycles. The number of hydrogen-bond donors (Lipinski definition) is 0. The molecular formula is C45H56F2N2O. The van der Waals surface area contributed by atoms with Crippen LogP contribution in [0.4, 0.5) is 14.5 Å². The van der Waals surface area contributed by atoms with Crippen molar-refractivity contribution in [3.8, 4) is 0 Å². The first-order valence-corrected chi connectivity index (χ1v) is 17.9. The Morgan fingerprint density at radius 2 is 1.64 bits per heavy atom. The van der Waals surface area contributed by atoms with Crippen LogP contribution >= 0.6 is 0 Å². The lowest BCUT2D eigenvalue weighted by Gasteiger charge is -2.38. The summed E-state index contributed by atoms with van der Waals surface area (Å²) in [6, 6.07) is 20.7. The maximum atomic E-state index is 14.2. The summed E-state index contributed by atoms with van der Waals surface area (Å²) in [6.45, 7) is 22.5. The van der Waals surface area contributed by atoms with Gasteiger partial charge in [0.2, 0.25) is 0 Å². The van der Waals surface area contributed by atoms with Gasteiger partial charge in [0.1, 0.15) is 11.6 Å². The van der Waals surface area contributed by atoms with Gasteiger partial charge in [-0.3, -0.25) is 4.79 Å². The number of amides is 1. The zero-order valence-electron chi connectivity index (χ0n) is 31.4. The van der Waals surface area contributed by atoms with Crippen LogP contribution in [0.5, 0.6) is 0 Å². The molecule has 4 rings (SSSR count). The van der Waals surface area contributed by atoms with Gasteiger partial charge in [0, 0.05) is 42.5 Å². The van der Waals surface area contributed by atoms with E-state index >= 15 is 0 Å². The average molecular weight is 679 g/mol. The van der Waals surface area contributed by atoms with E-state index in [0.29, 0.717) is 25.2 Å². The summed E-state index contributed by atoms with van der Waals surface area (Å²) in [5, 5.41) is 0. The third kappa shape index (κ3) is 11.0.